The second-order valence-electron chi connectivity index (χ2n) is 9.47. The molecule has 0 aliphatic carbocycles. The van der Waals surface area contributed by atoms with E-state index in [0.29, 0.717) is 36.2 Å². The highest BCUT2D eigenvalue weighted by Crippen LogP contribution is 2.32. The largest absolute Gasteiger partial charge is 0.427 e. The van der Waals surface area contributed by atoms with E-state index in [0.717, 1.165) is 5.52 Å². The van der Waals surface area contributed by atoms with Gasteiger partial charge in [0.2, 0.25) is 0 Å². The minimum absolute atomic E-state index is 0.164. The Morgan fingerprint density at radius 2 is 1.89 bits per heavy atom. The van der Waals surface area contributed by atoms with E-state index in [1.807, 2.05) is 18.4 Å². The number of rotatable bonds is 12. The molecule has 1 atom stereocenters. The number of aromatic nitrogens is 2. The molecule has 0 unspecified atom stereocenters. The van der Waals surface area contributed by atoms with E-state index >= 15 is 0 Å². The van der Waals surface area contributed by atoms with Gasteiger partial charge >= 0.3 is 0 Å². The number of carbonyl (C=O) groups excluding carboxylic acids is 1. The van der Waals surface area contributed by atoms with Gasteiger partial charge in [-0.1, -0.05) is 41.9 Å². The topological polar surface area (TPSA) is 123 Å². The van der Waals surface area contributed by atoms with Crippen LogP contribution in [0.2, 0.25) is 5.02 Å². The second-order valence-corrected chi connectivity index (χ2v) is 11.5. The molecule has 4 rings (SSSR count). The van der Waals surface area contributed by atoms with Gasteiger partial charge in [0.25, 0.3) is 16.5 Å². The maximum absolute atomic E-state index is 12.6. The lowest BCUT2D eigenvalue weighted by molar-refractivity contribution is -0.120. The average molecular weight is 557 g/mol. The highest BCUT2D eigenvalue weighted by molar-refractivity contribution is 7.92. The smallest absolute Gasteiger partial charge is 0.298 e. The van der Waals surface area contributed by atoms with E-state index in [2.05, 4.69) is 15.0 Å². The minimum atomic E-state index is -3.73. The normalized spacial score (nSPS) is 12.8. The third-order valence-corrected chi connectivity index (χ3v) is 7.96. The predicted molar refractivity (Wildman–Crippen MR) is 147 cm³/mol. The summed E-state index contributed by atoms with van der Waals surface area (Å²) in [4.78, 5) is 15.2. The van der Waals surface area contributed by atoms with Crippen molar-refractivity contribution in [2.45, 2.75) is 43.4 Å². The quantitative estimate of drug-likeness (QED) is 0.219. The fraction of sp³-hybridized carbons (Fsp3) is 0.259. The Hall–Kier alpha value is -3.44. The summed E-state index contributed by atoms with van der Waals surface area (Å²) >= 11 is 6.31. The molecule has 0 radical (unpaired) electrons. The summed E-state index contributed by atoms with van der Waals surface area (Å²) in [7, 11) is -3.73. The Balaban J connectivity index is 1.36. The van der Waals surface area contributed by atoms with Crippen molar-refractivity contribution >= 4 is 44.8 Å². The number of sulfonamides is 1. The first-order valence-electron chi connectivity index (χ1n) is 11.9. The zero-order valence-corrected chi connectivity index (χ0v) is 22.5. The summed E-state index contributed by atoms with van der Waals surface area (Å²) in [6.07, 6.45) is 1.56. The van der Waals surface area contributed by atoms with E-state index in [-0.39, 0.29) is 27.8 Å². The zero-order valence-electron chi connectivity index (χ0n) is 21.0. The van der Waals surface area contributed by atoms with Gasteiger partial charge in [-0.25, -0.2) is 13.4 Å². The molecule has 1 heterocycles. The summed E-state index contributed by atoms with van der Waals surface area (Å²) in [5.74, 6) is 0.257. The molecule has 11 heteroatoms. The molecule has 200 valence electrons. The fourth-order valence-electron chi connectivity index (χ4n) is 4.00. The first-order valence-corrected chi connectivity index (χ1v) is 13.8. The van der Waals surface area contributed by atoms with Crippen LogP contribution in [0.5, 0.6) is 5.75 Å². The van der Waals surface area contributed by atoms with Crippen LogP contribution in [-0.2, 0) is 21.4 Å². The number of benzene rings is 3. The van der Waals surface area contributed by atoms with Gasteiger partial charge in [-0.15, -0.1) is 0 Å². The number of hydrogen-bond acceptors (Lipinski definition) is 7. The lowest BCUT2D eigenvalue weighted by Crippen LogP contribution is -2.42. The first kappa shape index (κ1) is 27.6. The number of hydrogen-bond donors (Lipinski definition) is 3. The molecule has 3 N–H and O–H groups in total. The molecular formula is C27H29ClN4O5S. The molecule has 0 aliphatic rings. The minimum Gasteiger partial charge on any atom is -0.427 e. The number of aliphatic hydroxyl groups excluding tert-OH is 1. The summed E-state index contributed by atoms with van der Waals surface area (Å²) in [5.41, 5.74) is 1.99. The number of β-amino-alcohol motifs (C(OH)–C–C–N with tert-alkyl or cyclic N) is 1. The SMILES string of the molecule is CC(C)(CCn1cnc2c(Cl)c(OC=O)ccc21)NC[C@H](O)c1cccc(NS(=O)(=O)c2ccccc2)c1. The summed E-state index contributed by atoms with van der Waals surface area (Å²) in [6, 6.07) is 18.3. The van der Waals surface area contributed by atoms with E-state index < -0.39 is 16.1 Å². The van der Waals surface area contributed by atoms with Crippen LogP contribution in [-0.4, -0.2) is 41.6 Å². The highest BCUT2D eigenvalue weighted by Gasteiger charge is 2.21. The van der Waals surface area contributed by atoms with Gasteiger partial charge in [0.05, 0.1) is 22.8 Å². The van der Waals surface area contributed by atoms with Gasteiger partial charge in [0, 0.05) is 24.3 Å². The van der Waals surface area contributed by atoms with Crippen molar-refractivity contribution in [1.82, 2.24) is 14.9 Å². The van der Waals surface area contributed by atoms with Crippen LogP contribution in [0.4, 0.5) is 5.69 Å². The van der Waals surface area contributed by atoms with Crippen molar-refractivity contribution in [2.24, 2.45) is 0 Å². The molecule has 0 fully saturated rings. The van der Waals surface area contributed by atoms with Crippen LogP contribution >= 0.6 is 11.6 Å². The number of halogens is 1. The van der Waals surface area contributed by atoms with Crippen LogP contribution in [0, 0.1) is 0 Å². The molecule has 0 saturated heterocycles. The van der Waals surface area contributed by atoms with Crippen LogP contribution in [0.1, 0.15) is 31.9 Å². The van der Waals surface area contributed by atoms with Crippen LogP contribution in [0.3, 0.4) is 0 Å². The molecule has 4 aromatic rings. The summed E-state index contributed by atoms with van der Waals surface area (Å²) in [6.45, 7) is 5.29. The molecule has 38 heavy (non-hydrogen) atoms. The number of fused-ring (bicyclic) bond motifs is 1. The molecule has 0 saturated carbocycles. The van der Waals surface area contributed by atoms with Crippen molar-refractivity contribution in [1.29, 1.82) is 0 Å². The Kier molecular flexibility index (Phi) is 8.37. The van der Waals surface area contributed by atoms with Crippen molar-refractivity contribution < 1.29 is 23.1 Å². The van der Waals surface area contributed by atoms with Crippen LogP contribution < -0.4 is 14.8 Å². The predicted octanol–water partition coefficient (Wildman–Crippen LogP) is 4.52. The Morgan fingerprint density at radius 1 is 1.13 bits per heavy atom. The third kappa shape index (κ3) is 6.51. The maximum Gasteiger partial charge on any atom is 0.298 e. The zero-order chi connectivity index (χ0) is 27.3. The van der Waals surface area contributed by atoms with Crippen LogP contribution in [0.25, 0.3) is 11.0 Å². The lowest BCUT2D eigenvalue weighted by atomic mass is 9.99. The molecule has 1 aromatic heterocycles. The van der Waals surface area contributed by atoms with Gasteiger partial charge in [-0.05, 0) is 62.2 Å². The van der Waals surface area contributed by atoms with E-state index in [1.165, 1.54) is 12.1 Å². The van der Waals surface area contributed by atoms with E-state index in [9.17, 15) is 18.3 Å². The maximum atomic E-state index is 12.6. The van der Waals surface area contributed by atoms with Crippen LogP contribution in [0.15, 0.2) is 78.0 Å². The molecule has 9 nitrogen and oxygen atoms in total. The monoisotopic (exact) mass is 556 g/mol. The summed E-state index contributed by atoms with van der Waals surface area (Å²) in [5, 5.41) is 14.5. The molecule has 3 aromatic carbocycles. The third-order valence-electron chi connectivity index (χ3n) is 6.20. The van der Waals surface area contributed by atoms with Gasteiger partial charge < -0.3 is 19.7 Å². The number of nitrogens with one attached hydrogen (secondary N) is 2. The van der Waals surface area contributed by atoms with Crippen molar-refractivity contribution in [3.63, 3.8) is 0 Å². The first-order chi connectivity index (χ1) is 18.1. The van der Waals surface area contributed by atoms with Gasteiger partial charge in [-0.2, -0.15) is 0 Å². The van der Waals surface area contributed by atoms with E-state index in [1.54, 1.807) is 60.9 Å². The van der Waals surface area contributed by atoms with Crippen molar-refractivity contribution in [3.8, 4) is 5.75 Å². The molecule has 0 bridgehead atoms. The van der Waals surface area contributed by atoms with Gasteiger partial charge in [-0.3, -0.25) is 9.52 Å². The molecule has 0 amide bonds. The van der Waals surface area contributed by atoms with E-state index in [4.69, 9.17) is 16.3 Å². The molecular weight excluding hydrogens is 528 g/mol. The lowest BCUT2D eigenvalue weighted by Gasteiger charge is -2.28. The molecule has 0 spiro atoms. The van der Waals surface area contributed by atoms with Gasteiger partial charge in [0.1, 0.15) is 10.5 Å². The second kappa shape index (κ2) is 11.5. The number of ether oxygens (including phenoxy) is 1. The Labute approximate surface area is 226 Å². The van der Waals surface area contributed by atoms with Crippen molar-refractivity contribution in [2.75, 3.05) is 11.3 Å². The fourth-order valence-corrected chi connectivity index (χ4v) is 5.33. The Morgan fingerprint density at radius 3 is 2.63 bits per heavy atom. The standard InChI is InChI=1S/C27H29ClN4O5S/c1-27(2,13-14-32-17-29-26-22(32)11-12-24(25(26)28)37-18-33)30-16-23(34)19-7-6-8-20(15-19)31-38(35,36)21-9-4-3-5-10-21/h3-12,15,17-18,23,30-31,34H,13-14,16H2,1-2H3/t23-/m0/s1. The molecule has 0 aliphatic heterocycles. The average Bonchev–Trinajstić information content (AvgIpc) is 3.32. The number of aliphatic hydroxyl groups is 1. The van der Waals surface area contributed by atoms with Gasteiger partial charge in [0.15, 0.2) is 5.75 Å². The highest BCUT2D eigenvalue weighted by atomic mass is 35.5. The number of anilines is 1. The number of imidazole rings is 1. The Bertz CT molecular complexity index is 1520. The number of aryl methyl sites for hydroxylation is 1. The van der Waals surface area contributed by atoms with Crippen molar-refractivity contribution in [3.05, 3.63) is 83.6 Å². The summed E-state index contributed by atoms with van der Waals surface area (Å²) < 4.78 is 34.7. The number of carbonyl (C=O) groups is 1. The number of nitrogens with zero attached hydrogens (tertiary/aromatic N) is 2.